The molecule has 1 aromatic heterocycles. The monoisotopic (exact) mass is 425 g/mol. The molecule has 3 rings (SSSR count). The van der Waals surface area contributed by atoms with Gasteiger partial charge in [0.1, 0.15) is 5.76 Å². The topological polar surface area (TPSA) is 76.4 Å². The Morgan fingerprint density at radius 2 is 2.00 bits per heavy atom. The number of anilines is 1. The molecule has 164 valence electrons. The van der Waals surface area contributed by atoms with Crippen LogP contribution in [0.3, 0.4) is 0 Å². The molecule has 2 N–H and O–H groups in total. The van der Waals surface area contributed by atoms with E-state index >= 15 is 0 Å². The van der Waals surface area contributed by atoms with E-state index < -0.39 is 23.2 Å². The Bertz CT molecular complexity index is 860. The highest BCUT2D eigenvalue weighted by molar-refractivity contribution is 5.93. The second kappa shape index (κ2) is 9.18. The number of nitrogens with zero attached hydrogens (tertiary/aromatic N) is 1. The van der Waals surface area contributed by atoms with Crippen molar-refractivity contribution >= 4 is 11.7 Å². The Hall–Kier alpha value is -2.39. The van der Waals surface area contributed by atoms with E-state index in [0.29, 0.717) is 56.2 Å². The molecule has 0 spiro atoms. The molecular formula is C21H26F3N3O3. The summed E-state index contributed by atoms with van der Waals surface area (Å²) in [6, 6.07) is 6.55. The number of ether oxygens (including phenoxy) is 1. The van der Waals surface area contributed by atoms with E-state index in [-0.39, 0.29) is 5.91 Å². The van der Waals surface area contributed by atoms with Crippen LogP contribution in [0.5, 0.6) is 0 Å². The second-order valence-corrected chi connectivity index (χ2v) is 7.63. The first-order valence-electron chi connectivity index (χ1n) is 9.96. The maximum absolute atomic E-state index is 13.2. The number of hydrogen-bond donors (Lipinski definition) is 2. The van der Waals surface area contributed by atoms with Crippen molar-refractivity contribution in [3.05, 3.63) is 47.2 Å². The maximum Gasteiger partial charge on any atom is 0.416 e. The van der Waals surface area contributed by atoms with E-state index in [1.165, 1.54) is 12.1 Å². The quantitative estimate of drug-likeness (QED) is 0.700. The summed E-state index contributed by atoms with van der Waals surface area (Å²) in [6.07, 6.45) is -2.75. The normalized spacial score (nSPS) is 17.5. The molecule has 0 bridgehead atoms. The van der Waals surface area contributed by atoms with Crippen molar-refractivity contribution in [3.8, 4) is 0 Å². The summed E-state index contributed by atoms with van der Waals surface area (Å²) in [7, 11) is 0. The number of benzene rings is 1. The Balaban J connectivity index is 1.76. The third-order valence-corrected chi connectivity index (χ3v) is 5.54. The lowest BCUT2D eigenvalue weighted by Gasteiger charge is -2.39. The number of nitrogens with one attached hydrogen (secondary N) is 2. The third kappa shape index (κ3) is 5.20. The third-order valence-electron chi connectivity index (χ3n) is 5.54. The van der Waals surface area contributed by atoms with E-state index in [0.717, 1.165) is 6.07 Å². The lowest BCUT2D eigenvalue weighted by molar-refractivity contribution is -0.137. The van der Waals surface area contributed by atoms with E-state index in [4.69, 9.17) is 9.26 Å². The lowest BCUT2D eigenvalue weighted by Crippen LogP contribution is -2.49. The van der Waals surface area contributed by atoms with Crippen LogP contribution in [0.4, 0.5) is 19.0 Å². The second-order valence-electron chi connectivity index (χ2n) is 7.63. The summed E-state index contributed by atoms with van der Waals surface area (Å²) >= 11 is 0. The SMILES string of the molecule is CCC(NCC1(c2cccc(C(F)(F)F)c2)CCOCC1)C(=O)Nc1cc(C)on1. The van der Waals surface area contributed by atoms with E-state index in [2.05, 4.69) is 15.8 Å². The van der Waals surface area contributed by atoms with Crippen molar-refractivity contribution in [2.24, 2.45) is 0 Å². The van der Waals surface area contributed by atoms with Crippen LogP contribution >= 0.6 is 0 Å². The zero-order valence-corrected chi connectivity index (χ0v) is 17.0. The number of alkyl halides is 3. The first-order chi connectivity index (χ1) is 14.2. The van der Waals surface area contributed by atoms with Crippen LogP contribution in [0, 0.1) is 6.92 Å². The first-order valence-corrected chi connectivity index (χ1v) is 9.96. The fraction of sp³-hybridized carbons (Fsp3) is 0.524. The zero-order valence-electron chi connectivity index (χ0n) is 17.0. The molecular weight excluding hydrogens is 399 g/mol. The molecule has 1 fully saturated rings. The van der Waals surface area contributed by atoms with Gasteiger partial charge in [-0.1, -0.05) is 30.3 Å². The van der Waals surface area contributed by atoms with Gasteiger partial charge in [-0.15, -0.1) is 0 Å². The molecule has 1 unspecified atom stereocenters. The van der Waals surface area contributed by atoms with Crippen LogP contribution in [0.15, 0.2) is 34.9 Å². The zero-order chi connectivity index (χ0) is 21.8. The molecule has 1 saturated heterocycles. The molecule has 1 aliphatic rings. The average molecular weight is 425 g/mol. The van der Waals surface area contributed by atoms with Gasteiger partial charge < -0.3 is 19.9 Å². The van der Waals surface area contributed by atoms with Crippen LogP contribution in [-0.4, -0.2) is 36.9 Å². The molecule has 1 aromatic carbocycles. The molecule has 0 saturated carbocycles. The van der Waals surface area contributed by atoms with E-state index in [1.807, 2.05) is 6.92 Å². The summed E-state index contributed by atoms with van der Waals surface area (Å²) < 4.78 is 50.1. The summed E-state index contributed by atoms with van der Waals surface area (Å²) in [6.45, 7) is 4.87. The number of amides is 1. The lowest BCUT2D eigenvalue weighted by atomic mass is 9.73. The Kier molecular flexibility index (Phi) is 6.82. The summed E-state index contributed by atoms with van der Waals surface area (Å²) in [5.41, 5.74) is -0.606. The minimum atomic E-state index is -4.41. The van der Waals surface area contributed by atoms with Gasteiger partial charge in [0.15, 0.2) is 5.82 Å². The van der Waals surface area contributed by atoms with Crippen LogP contribution in [0.25, 0.3) is 0 Å². The van der Waals surface area contributed by atoms with Gasteiger partial charge in [-0.05, 0) is 37.8 Å². The molecule has 9 heteroatoms. The van der Waals surface area contributed by atoms with Gasteiger partial charge in [0.2, 0.25) is 5.91 Å². The largest absolute Gasteiger partial charge is 0.416 e. The minimum absolute atomic E-state index is 0.267. The predicted molar refractivity (Wildman–Crippen MR) is 105 cm³/mol. The molecule has 0 aliphatic carbocycles. The van der Waals surface area contributed by atoms with Crippen molar-refractivity contribution < 1.29 is 27.2 Å². The van der Waals surface area contributed by atoms with Crippen molar-refractivity contribution in [1.82, 2.24) is 10.5 Å². The van der Waals surface area contributed by atoms with E-state index in [1.54, 1.807) is 19.1 Å². The summed E-state index contributed by atoms with van der Waals surface area (Å²) in [4.78, 5) is 12.6. The Morgan fingerprint density at radius 1 is 1.27 bits per heavy atom. The highest BCUT2D eigenvalue weighted by Crippen LogP contribution is 2.38. The number of carbonyl (C=O) groups is 1. The van der Waals surface area contributed by atoms with Gasteiger partial charge >= 0.3 is 6.18 Å². The Labute approximate surface area is 173 Å². The van der Waals surface area contributed by atoms with Crippen LogP contribution < -0.4 is 10.6 Å². The highest BCUT2D eigenvalue weighted by atomic mass is 19.4. The average Bonchev–Trinajstić information content (AvgIpc) is 3.13. The van der Waals surface area contributed by atoms with Crippen molar-refractivity contribution in [2.75, 3.05) is 25.1 Å². The number of carbonyl (C=O) groups excluding carboxylic acids is 1. The van der Waals surface area contributed by atoms with Crippen molar-refractivity contribution in [3.63, 3.8) is 0 Å². The van der Waals surface area contributed by atoms with Gasteiger partial charge in [0.25, 0.3) is 0 Å². The summed E-state index contributed by atoms with van der Waals surface area (Å²) in [5.74, 6) is 0.644. The van der Waals surface area contributed by atoms with Crippen LogP contribution in [0.1, 0.15) is 43.1 Å². The standard InChI is InChI=1S/C21H26F3N3O3/c1-3-17(19(28)26-18-11-14(2)30-27-18)25-13-20(7-9-29-10-8-20)15-5-4-6-16(12-15)21(22,23)24/h4-6,11-12,17,25H,3,7-10,13H2,1-2H3,(H,26,27,28). The number of aromatic nitrogens is 1. The molecule has 1 amide bonds. The number of hydrogen-bond acceptors (Lipinski definition) is 5. The number of aryl methyl sites for hydroxylation is 1. The summed E-state index contributed by atoms with van der Waals surface area (Å²) in [5, 5.41) is 9.72. The van der Waals surface area contributed by atoms with Crippen LogP contribution in [-0.2, 0) is 21.1 Å². The molecule has 1 atom stereocenters. The van der Waals surface area contributed by atoms with Crippen LogP contribution in [0.2, 0.25) is 0 Å². The van der Waals surface area contributed by atoms with Gasteiger partial charge in [-0.25, -0.2) is 0 Å². The maximum atomic E-state index is 13.2. The smallest absolute Gasteiger partial charge is 0.381 e. The molecule has 2 heterocycles. The fourth-order valence-electron chi connectivity index (χ4n) is 3.73. The van der Waals surface area contributed by atoms with Crippen molar-refractivity contribution in [1.29, 1.82) is 0 Å². The number of rotatable bonds is 7. The number of halogens is 3. The minimum Gasteiger partial charge on any atom is -0.381 e. The molecule has 1 aliphatic heterocycles. The fourth-order valence-corrected chi connectivity index (χ4v) is 3.73. The van der Waals surface area contributed by atoms with Crippen molar-refractivity contribution in [2.45, 2.75) is 50.7 Å². The van der Waals surface area contributed by atoms with E-state index in [9.17, 15) is 18.0 Å². The highest BCUT2D eigenvalue weighted by Gasteiger charge is 2.38. The molecule has 6 nitrogen and oxygen atoms in total. The van der Waals surface area contributed by atoms with Gasteiger partial charge in [-0.3, -0.25) is 4.79 Å². The Morgan fingerprint density at radius 3 is 2.60 bits per heavy atom. The first kappa shape index (κ1) is 22.3. The predicted octanol–water partition coefficient (Wildman–Crippen LogP) is 4.06. The van der Waals surface area contributed by atoms with Gasteiger partial charge in [0.05, 0.1) is 11.6 Å². The van der Waals surface area contributed by atoms with Gasteiger partial charge in [0, 0.05) is 31.2 Å². The molecule has 0 radical (unpaired) electrons. The molecule has 30 heavy (non-hydrogen) atoms. The van der Waals surface area contributed by atoms with Gasteiger partial charge in [-0.2, -0.15) is 13.2 Å². The molecule has 2 aromatic rings.